The number of hydrogen-bond donors (Lipinski definition) is 3. The van der Waals surface area contributed by atoms with Crippen molar-refractivity contribution in [1.29, 1.82) is 0 Å². The lowest BCUT2D eigenvalue weighted by Gasteiger charge is -2.04. The van der Waals surface area contributed by atoms with Crippen molar-refractivity contribution in [2.75, 3.05) is 11.1 Å². The number of halogens is 1. The maximum Gasteiger partial charge on any atom is 0.264 e. The van der Waals surface area contributed by atoms with Gasteiger partial charge in [0, 0.05) is 17.3 Å². The zero-order valence-corrected chi connectivity index (χ0v) is 9.11. The molecule has 18 heavy (non-hydrogen) atoms. The molecule has 2 rings (SSSR count). The molecule has 0 aliphatic heterocycles. The smallest absolute Gasteiger partial charge is 0.264 e. The van der Waals surface area contributed by atoms with Gasteiger partial charge in [-0.05, 0) is 24.3 Å². The Labute approximate surface area is 101 Å². The highest BCUT2D eigenvalue weighted by atomic mass is 19.1. The maximum absolute atomic E-state index is 13.1. The van der Waals surface area contributed by atoms with Gasteiger partial charge < -0.3 is 11.1 Å². The van der Waals surface area contributed by atoms with Gasteiger partial charge in [-0.3, -0.25) is 9.59 Å². The lowest BCUT2D eigenvalue weighted by Crippen LogP contribution is -2.16. The first-order valence-corrected chi connectivity index (χ1v) is 4.98. The number of nitrogen functional groups attached to an aromatic ring is 1. The van der Waals surface area contributed by atoms with Crippen molar-refractivity contribution < 1.29 is 9.18 Å². The Morgan fingerprint density at radius 2 is 2.11 bits per heavy atom. The number of benzene rings is 1. The van der Waals surface area contributed by atoms with Crippen LogP contribution in [-0.4, -0.2) is 16.1 Å². The first kappa shape index (κ1) is 11.8. The van der Waals surface area contributed by atoms with E-state index in [4.69, 9.17) is 5.73 Å². The van der Waals surface area contributed by atoms with Crippen molar-refractivity contribution in [3.05, 3.63) is 52.1 Å². The molecule has 2 aromatic rings. The van der Waals surface area contributed by atoms with Crippen LogP contribution in [0.3, 0.4) is 0 Å². The Balaban J connectivity index is 2.21. The van der Waals surface area contributed by atoms with E-state index in [1.807, 2.05) is 0 Å². The molecule has 0 bridgehead atoms. The van der Waals surface area contributed by atoms with Crippen molar-refractivity contribution in [2.45, 2.75) is 0 Å². The van der Waals surface area contributed by atoms with Crippen LogP contribution < -0.4 is 16.6 Å². The average Bonchev–Trinajstić information content (AvgIpc) is 2.31. The lowest BCUT2D eigenvalue weighted by molar-refractivity contribution is 0.102. The molecule has 1 heterocycles. The summed E-state index contributed by atoms with van der Waals surface area (Å²) >= 11 is 0. The summed E-state index contributed by atoms with van der Waals surface area (Å²) in [5, 5.41) is 8.15. The molecule has 1 aromatic carbocycles. The Hall–Kier alpha value is -2.70. The van der Waals surface area contributed by atoms with Crippen LogP contribution in [-0.2, 0) is 0 Å². The second kappa shape index (κ2) is 4.66. The minimum Gasteiger partial charge on any atom is -0.399 e. The first-order chi connectivity index (χ1) is 8.54. The molecule has 0 fully saturated rings. The molecule has 0 saturated heterocycles. The fraction of sp³-hybridized carbons (Fsp3) is 0. The number of aromatic nitrogens is 2. The number of nitrogens with zero attached hydrogens (tertiary/aromatic N) is 1. The van der Waals surface area contributed by atoms with Crippen molar-refractivity contribution >= 4 is 17.4 Å². The number of nitrogens with two attached hydrogens (primary N) is 1. The number of rotatable bonds is 2. The monoisotopic (exact) mass is 248 g/mol. The molecule has 0 aliphatic rings. The number of hydrogen-bond acceptors (Lipinski definition) is 4. The number of carbonyl (C=O) groups excluding carboxylic acids is 1. The van der Waals surface area contributed by atoms with Crippen LogP contribution in [0.15, 0.2) is 35.1 Å². The molecule has 6 nitrogen and oxygen atoms in total. The summed E-state index contributed by atoms with van der Waals surface area (Å²) in [6, 6.07) is 6.04. The minimum atomic E-state index is -0.602. The normalized spacial score (nSPS) is 10.1. The van der Waals surface area contributed by atoms with Gasteiger partial charge in [-0.1, -0.05) is 0 Å². The zero-order chi connectivity index (χ0) is 13.1. The third kappa shape index (κ3) is 2.70. The standard InChI is InChI=1S/C11H9FN4O2/c12-7-3-6(4-8(13)5-7)11(18)14-9-1-2-10(17)16-15-9/h1-5H,13H2,(H,16,17)(H,14,15,18). The summed E-state index contributed by atoms with van der Waals surface area (Å²) in [7, 11) is 0. The van der Waals surface area contributed by atoms with E-state index >= 15 is 0 Å². The van der Waals surface area contributed by atoms with Crippen molar-refractivity contribution in [2.24, 2.45) is 0 Å². The van der Waals surface area contributed by atoms with Crippen LogP contribution in [0.1, 0.15) is 10.4 Å². The van der Waals surface area contributed by atoms with E-state index in [9.17, 15) is 14.0 Å². The van der Waals surface area contributed by atoms with E-state index in [1.54, 1.807) is 0 Å². The van der Waals surface area contributed by atoms with Crippen LogP contribution in [0.4, 0.5) is 15.9 Å². The van der Waals surface area contributed by atoms with Gasteiger partial charge in [-0.15, -0.1) is 0 Å². The second-order valence-electron chi connectivity index (χ2n) is 3.53. The lowest BCUT2D eigenvalue weighted by atomic mass is 10.2. The summed E-state index contributed by atoms with van der Waals surface area (Å²) in [4.78, 5) is 22.5. The molecular weight excluding hydrogens is 239 g/mol. The molecule has 0 radical (unpaired) electrons. The Kier molecular flexibility index (Phi) is 3.05. The van der Waals surface area contributed by atoms with Gasteiger partial charge in [-0.25, -0.2) is 9.49 Å². The van der Waals surface area contributed by atoms with Crippen LogP contribution >= 0.6 is 0 Å². The summed E-state index contributed by atoms with van der Waals surface area (Å²) in [5.74, 6) is -1.02. The van der Waals surface area contributed by atoms with Crippen LogP contribution in [0.25, 0.3) is 0 Å². The summed E-state index contributed by atoms with van der Waals surface area (Å²) in [6.07, 6.45) is 0. The summed E-state index contributed by atoms with van der Waals surface area (Å²) in [6.45, 7) is 0. The zero-order valence-electron chi connectivity index (χ0n) is 9.11. The van der Waals surface area contributed by atoms with Crippen LogP contribution in [0.2, 0.25) is 0 Å². The third-order valence-electron chi connectivity index (χ3n) is 2.10. The van der Waals surface area contributed by atoms with Crippen LogP contribution in [0, 0.1) is 5.82 Å². The number of amides is 1. The van der Waals surface area contributed by atoms with Gasteiger partial charge in [-0.2, -0.15) is 5.10 Å². The molecule has 92 valence electrons. The average molecular weight is 248 g/mol. The van der Waals surface area contributed by atoms with E-state index < -0.39 is 11.7 Å². The predicted octanol–water partition coefficient (Wildman–Crippen LogP) is 0.744. The summed E-state index contributed by atoms with van der Waals surface area (Å²) < 4.78 is 13.1. The molecule has 4 N–H and O–H groups in total. The number of nitrogens with one attached hydrogen (secondary N) is 2. The molecule has 0 saturated carbocycles. The summed E-state index contributed by atoms with van der Waals surface area (Å²) in [5.41, 5.74) is 5.26. The second-order valence-corrected chi connectivity index (χ2v) is 3.53. The van der Waals surface area contributed by atoms with Gasteiger partial charge in [0.25, 0.3) is 11.5 Å². The predicted molar refractivity (Wildman–Crippen MR) is 63.6 cm³/mol. The number of anilines is 2. The number of H-pyrrole nitrogens is 1. The van der Waals surface area contributed by atoms with E-state index in [0.717, 1.165) is 12.1 Å². The highest BCUT2D eigenvalue weighted by molar-refractivity contribution is 6.04. The first-order valence-electron chi connectivity index (χ1n) is 4.98. The number of carbonyl (C=O) groups is 1. The Morgan fingerprint density at radius 1 is 1.33 bits per heavy atom. The largest absolute Gasteiger partial charge is 0.399 e. The molecule has 0 atom stereocenters. The van der Waals surface area contributed by atoms with E-state index in [1.165, 1.54) is 18.2 Å². The van der Waals surface area contributed by atoms with E-state index in [2.05, 4.69) is 15.5 Å². The van der Waals surface area contributed by atoms with Crippen molar-refractivity contribution in [3.63, 3.8) is 0 Å². The fourth-order valence-corrected chi connectivity index (χ4v) is 1.35. The molecular formula is C11H9FN4O2. The van der Waals surface area contributed by atoms with Crippen molar-refractivity contribution in [1.82, 2.24) is 10.2 Å². The third-order valence-corrected chi connectivity index (χ3v) is 2.10. The molecule has 0 unspecified atom stereocenters. The molecule has 7 heteroatoms. The molecule has 1 aromatic heterocycles. The highest BCUT2D eigenvalue weighted by Crippen LogP contribution is 2.12. The van der Waals surface area contributed by atoms with Crippen molar-refractivity contribution in [3.8, 4) is 0 Å². The van der Waals surface area contributed by atoms with Gasteiger partial charge in [0.2, 0.25) is 0 Å². The molecule has 1 amide bonds. The molecule has 0 spiro atoms. The minimum absolute atomic E-state index is 0.0699. The van der Waals surface area contributed by atoms with Gasteiger partial charge in [0.05, 0.1) is 0 Å². The quantitative estimate of drug-likeness (QED) is 0.682. The number of aromatic amines is 1. The van der Waals surface area contributed by atoms with Gasteiger partial charge in [0.15, 0.2) is 5.82 Å². The van der Waals surface area contributed by atoms with Crippen LogP contribution in [0.5, 0.6) is 0 Å². The Bertz CT molecular complexity index is 613. The van der Waals surface area contributed by atoms with E-state index in [0.29, 0.717) is 0 Å². The van der Waals surface area contributed by atoms with Gasteiger partial charge in [0.1, 0.15) is 5.82 Å². The van der Waals surface area contributed by atoms with Gasteiger partial charge >= 0.3 is 0 Å². The topological polar surface area (TPSA) is 101 Å². The van der Waals surface area contributed by atoms with E-state index in [-0.39, 0.29) is 22.6 Å². The fourth-order valence-electron chi connectivity index (χ4n) is 1.35. The Morgan fingerprint density at radius 3 is 2.72 bits per heavy atom. The SMILES string of the molecule is Nc1cc(F)cc(C(=O)Nc2ccc(=O)[nH]n2)c1. The highest BCUT2D eigenvalue weighted by Gasteiger charge is 2.09. The maximum atomic E-state index is 13.1. The molecule has 0 aliphatic carbocycles.